The van der Waals surface area contributed by atoms with Crippen LogP contribution in [0, 0.1) is 62.1 Å². The fourth-order valence-corrected chi connectivity index (χ4v) is 4.55. The van der Waals surface area contributed by atoms with Crippen LogP contribution in [0.3, 0.4) is 0 Å². The van der Waals surface area contributed by atoms with Crippen molar-refractivity contribution in [3.63, 3.8) is 0 Å². The molecule has 114 valence electrons. The lowest BCUT2D eigenvalue weighted by Gasteiger charge is -2.52. The van der Waals surface area contributed by atoms with Crippen molar-refractivity contribution in [2.45, 2.75) is 51.4 Å². The first-order valence-electron chi connectivity index (χ1n) is 7.66. The predicted octanol–water partition coefficient (Wildman–Crippen LogP) is 2.48. The van der Waals surface area contributed by atoms with E-state index >= 15 is 0 Å². The van der Waals surface area contributed by atoms with Crippen molar-refractivity contribution in [2.24, 2.45) is 22.7 Å². The van der Waals surface area contributed by atoms with Crippen LogP contribution in [0.4, 0.5) is 0 Å². The maximum Gasteiger partial charge on any atom is 0.217 e. The summed E-state index contributed by atoms with van der Waals surface area (Å²) in [5.41, 5.74) is -3.25. The van der Waals surface area contributed by atoms with Crippen LogP contribution < -0.4 is 0 Å². The average Bonchev–Trinajstić information content (AvgIpc) is 2.73. The summed E-state index contributed by atoms with van der Waals surface area (Å²) in [6.45, 7) is 3.72. The van der Waals surface area contributed by atoms with Crippen LogP contribution >= 0.6 is 0 Å². The van der Waals surface area contributed by atoms with E-state index in [4.69, 9.17) is 14.9 Å². The second kappa shape index (κ2) is 4.45. The molecule has 2 saturated heterocycles. The number of nitrogens with zero attached hydrogens (tertiary/aromatic N) is 3. The molecule has 0 amide bonds. The summed E-state index contributed by atoms with van der Waals surface area (Å²) in [5, 5.41) is 37.6. The molecule has 5 unspecified atom stereocenters. The Morgan fingerprint density at radius 3 is 2.50 bits per heavy atom. The minimum atomic E-state index is -1.71. The first-order chi connectivity index (χ1) is 10.5. The quantitative estimate of drug-likeness (QED) is 0.798. The lowest BCUT2D eigenvalue weighted by molar-refractivity contribution is -0.292. The fourth-order valence-electron chi connectivity index (χ4n) is 4.55. The zero-order valence-corrected chi connectivity index (χ0v) is 12.7. The van der Waals surface area contributed by atoms with Crippen molar-refractivity contribution in [1.29, 1.82) is 21.2 Å². The number of rotatable bonds is 1. The number of ether oxygens (including phenoxy) is 2. The van der Waals surface area contributed by atoms with E-state index in [1.165, 1.54) is 0 Å². The van der Waals surface area contributed by atoms with Crippen LogP contribution in [0.15, 0.2) is 0 Å². The molecule has 0 radical (unpaired) electrons. The largest absolute Gasteiger partial charge is 0.447 e. The maximum absolute atomic E-state index is 9.92. The van der Waals surface area contributed by atoms with Crippen LogP contribution in [-0.4, -0.2) is 17.8 Å². The third kappa shape index (κ3) is 1.33. The Labute approximate surface area is 129 Å². The van der Waals surface area contributed by atoms with Crippen LogP contribution in [0.1, 0.15) is 39.5 Å². The van der Waals surface area contributed by atoms with E-state index < -0.39 is 28.6 Å². The Hall–Kier alpha value is -2.10. The van der Waals surface area contributed by atoms with Crippen molar-refractivity contribution in [1.82, 2.24) is 0 Å². The highest BCUT2D eigenvalue weighted by molar-refractivity contribution is 5.89. The molecular weight excluding hydrogens is 280 g/mol. The summed E-state index contributed by atoms with van der Waals surface area (Å²) in [6, 6.07) is 6.15. The van der Waals surface area contributed by atoms with E-state index in [0.717, 1.165) is 12.8 Å². The zero-order chi connectivity index (χ0) is 16.2. The first-order valence-corrected chi connectivity index (χ1v) is 7.66. The summed E-state index contributed by atoms with van der Waals surface area (Å²) in [5.74, 6) is -1.34. The Bertz CT molecular complexity index is 641. The summed E-state index contributed by atoms with van der Waals surface area (Å²) in [6.07, 6.45) is 2.33. The van der Waals surface area contributed by atoms with Crippen molar-refractivity contribution < 1.29 is 9.47 Å². The average molecular weight is 298 g/mol. The molecule has 1 aliphatic carbocycles. The molecule has 5 atom stereocenters. The highest BCUT2D eigenvalue weighted by atomic mass is 16.7. The van der Waals surface area contributed by atoms with Gasteiger partial charge in [-0.15, -0.1) is 0 Å². The molecule has 6 heteroatoms. The van der Waals surface area contributed by atoms with Gasteiger partial charge in [-0.05, 0) is 25.7 Å². The number of nitrogens with one attached hydrogen (secondary N) is 1. The van der Waals surface area contributed by atoms with Gasteiger partial charge in [-0.2, -0.15) is 15.8 Å². The molecular formula is C16H18N4O2. The van der Waals surface area contributed by atoms with Crippen molar-refractivity contribution >= 4 is 5.90 Å². The molecule has 3 rings (SSSR count). The Kier molecular flexibility index (Phi) is 3.00. The van der Waals surface area contributed by atoms with Crippen LogP contribution in [-0.2, 0) is 9.47 Å². The van der Waals surface area contributed by atoms with Gasteiger partial charge in [0.15, 0.2) is 10.8 Å². The summed E-state index contributed by atoms with van der Waals surface area (Å²) in [7, 11) is 0. The first kappa shape index (κ1) is 14.8. The molecule has 1 N–H and O–H groups in total. The lowest BCUT2D eigenvalue weighted by Crippen LogP contribution is -2.63. The van der Waals surface area contributed by atoms with Gasteiger partial charge in [-0.3, -0.25) is 5.41 Å². The van der Waals surface area contributed by atoms with Gasteiger partial charge in [0.2, 0.25) is 11.7 Å². The van der Waals surface area contributed by atoms with Crippen LogP contribution in [0.5, 0.6) is 0 Å². The SMILES string of the molecule is CCC1CCC23OC(=N)C(C#N)(C2C1)C(C#N)(C#N)C(C)O3. The lowest BCUT2D eigenvalue weighted by atomic mass is 9.51. The number of hydrogen-bond acceptors (Lipinski definition) is 6. The van der Waals surface area contributed by atoms with Crippen molar-refractivity contribution in [3.8, 4) is 18.2 Å². The van der Waals surface area contributed by atoms with Gasteiger partial charge in [-0.1, -0.05) is 13.3 Å². The third-order valence-corrected chi connectivity index (χ3v) is 5.87. The Morgan fingerprint density at radius 1 is 1.27 bits per heavy atom. The molecule has 0 aromatic rings. The van der Waals surface area contributed by atoms with Gasteiger partial charge < -0.3 is 9.47 Å². The molecule has 2 bridgehead atoms. The van der Waals surface area contributed by atoms with E-state index in [1.807, 2.05) is 12.1 Å². The van der Waals surface area contributed by atoms with Gasteiger partial charge in [0.1, 0.15) is 0 Å². The van der Waals surface area contributed by atoms with Gasteiger partial charge in [-0.25, -0.2) is 0 Å². The molecule has 22 heavy (non-hydrogen) atoms. The second-order valence-electron chi connectivity index (χ2n) is 6.56. The third-order valence-electron chi connectivity index (χ3n) is 5.87. The molecule has 6 nitrogen and oxygen atoms in total. The predicted molar refractivity (Wildman–Crippen MR) is 74.9 cm³/mol. The van der Waals surface area contributed by atoms with E-state index in [0.29, 0.717) is 18.8 Å². The Balaban J connectivity index is 2.23. The van der Waals surface area contributed by atoms with Crippen LogP contribution in [0.2, 0.25) is 0 Å². The minimum absolute atomic E-state index is 0.274. The standard InChI is InChI=1S/C16H18N4O2/c1-3-11-4-5-16-12(6-11)15(9-19,13(20)22-16)14(7-17,8-18)10(2)21-16/h10-12,20H,3-6H2,1-2H3. The molecule has 2 heterocycles. The summed E-state index contributed by atoms with van der Waals surface area (Å²) in [4.78, 5) is 0. The van der Waals surface area contributed by atoms with E-state index in [2.05, 4.69) is 13.0 Å². The molecule has 3 aliphatic rings. The van der Waals surface area contributed by atoms with Gasteiger partial charge in [0.05, 0.1) is 30.2 Å². The molecule has 1 saturated carbocycles. The van der Waals surface area contributed by atoms with Crippen molar-refractivity contribution in [3.05, 3.63) is 0 Å². The second-order valence-corrected chi connectivity index (χ2v) is 6.56. The van der Waals surface area contributed by atoms with E-state index in [9.17, 15) is 15.8 Å². The molecule has 0 spiro atoms. The normalized spacial score (nSPS) is 44.9. The van der Waals surface area contributed by atoms with E-state index in [-0.39, 0.29) is 5.90 Å². The number of hydrogen-bond donors (Lipinski definition) is 1. The van der Waals surface area contributed by atoms with E-state index in [1.54, 1.807) is 6.92 Å². The fraction of sp³-hybridized carbons (Fsp3) is 0.750. The van der Waals surface area contributed by atoms with Gasteiger partial charge in [0.25, 0.3) is 0 Å². The molecule has 0 aromatic carbocycles. The number of nitriles is 3. The minimum Gasteiger partial charge on any atom is -0.447 e. The summed E-state index contributed by atoms with van der Waals surface area (Å²) < 4.78 is 11.7. The highest BCUT2D eigenvalue weighted by Gasteiger charge is 2.79. The zero-order valence-electron chi connectivity index (χ0n) is 12.7. The van der Waals surface area contributed by atoms with Crippen LogP contribution in [0.25, 0.3) is 0 Å². The molecule has 2 aliphatic heterocycles. The van der Waals surface area contributed by atoms with Gasteiger partial charge in [0, 0.05) is 6.42 Å². The smallest absolute Gasteiger partial charge is 0.217 e. The Morgan fingerprint density at radius 2 is 1.95 bits per heavy atom. The molecule has 3 fully saturated rings. The highest BCUT2D eigenvalue weighted by Crippen LogP contribution is 2.66. The maximum atomic E-state index is 9.92. The molecule has 0 aromatic heterocycles. The van der Waals surface area contributed by atoms with Gasteiger partial charge >= 0.3 is 0 Å². The van der Waals surface area contributed by atoms with Crippen molar-refractivity contribution in [2.75, 3.05) is 0 Å². The summed E-state index contributed by atoms with van der Waals surface area (Å²) >= 11 is 0. The topological polar surface area (TPSA) is 114 Å². The monoisotopic (exact) mass is 298 g/mol.